The van der Waals surface area contributed by atoms with Gasteiger partial charge in [0.05, 0.1) is 71.3 Å². The summed E-state index contributed by atoms with van der Waals surface area (Å²) in [6.45, 7) is 1.68. The number of rotatable bonds is 9. The fourth-order valence-electron chi connectivity index (χ4n) is 4.24. The molecule has 12 heteroatoms. The van der Waals surface area contributed by atoms with E-state index < -0.39 is 17.8 Å². The molecule has 0 bridgehead atoms. The van der Waals surface area contributed by atoms with E-state index >= 15 is 0 Å². The molecule has 210 valence electrons. The number of allylic oxidation sites excluding steroid dienone is 2. The number of nitrogens with zero attached hydrogens (tertiary/aromatic N) is 1. The summed E-state index contributed by atoms with van der Waals surface area (Å²) in [7, 11) is 2.73. The maximum absolute atomic E-state index is 13.6. The van der Waals surface area contributed by atoms with Crippen molar-refractivity contribution < 1.29 is 28.3 Å². The first-order valence-electron chi connectivity index (χ1n) is 12.2. The van der Waals surface area contributed by atoms with E-state index in [9.17, 15) is 19.6 Å². The smallest absolute Gasteiger partial charge is 0.339 e. The summed E-state index contributed by atoms with van der Waals surface area (Å²) in [6, 6.07) is 16.8. The van der Waals surface area contributed by atoms with Crippen LogP contribution in [-0.2, 0) is 14.3 Å². The second-order valence-electron chi connectivity index (χ2n) is 8.64. The van der Waals surface area contributed by atoms with Crippen LogP contribution in [0.2, 0.25) is 5.02 Å². The van der Waals surface area contributed by atoms with Gasteiger partial charge in [-0.15, -0.1) is 0 Å². The van der Waals surface area contributed by atoms with Crippen molar-refractivity contribution in [1.29, 1.82) is 5.26 Å². The van der Waals surface area contributed by atoms with Crippen molar-refractivity contribution in [1.82, 2.24) is 5.32 Å². The molecule has 0 saturated heterocycles. The number of benzene rings is 2. The standard InChI is InChI=1S/C29H25ClN4O6S/c1-16-25(27(36)34-20-8-5-4-7-18(20)29(37)39-3)26(23-9-6-12-40-23)19(14-31)28(32-16)41-15-24(35)33-21-13-17(30)10-11-22(21)38-2/h4-13,26,32H,15H2,1-3H3,(H,33,35)(H,34,36). The highest BCUT2D eigenvalue weighted by Crippen LogP contribution is 2.41. The van der Waals surface area contributed by atoms with Gasteiger partial charge in [-0.25, -0.2) is 4.79 Å². The third kappa shape index (κ3) is 6.57. The number of hydrogen-bond donors (Lipinski definition) is 3. The number of thioether (sulfide) groups is 1. The highest BCUT2D eigenvalue weighted by atomic mass is 35.5. The van der Waals surface area contributed by atoms with Gasteiger partial charge in [0, 0.05) is 10.7 Å². The average molecular weight is 593 g/mol. The molecule has 1 atom stereocenters. The van der Waals surface area contributed by atoms with E-state index in [1.54, 1.807) is 55.5 Å². The van der Waals surface area contributed by atoms with Crippen LogP contribution in [0.4, 0.5) is 11.4 Å². The molecule has 0 fully saturated rings. The predicted molar refractivity (Wildman–Crippen MR) is 155 cm³/mol. The lowest BCUT2D eigenvalue weighted by Gasteiger charge is -2.28. The van der Waals surface area contributed by atoms with Gasteiger partial charge >= 0.3 is 5.97 Å². The molecule has 2 amide bonds. The summed E-state index contributed by atoms with van der Waals surface area (Å²) < 4.78 is 15.7. The summed E-state index contributed by atoms with van der Waals surface area (Å²) >= 11 is 7.16. The molecular weight excluding hydrogens is 568 g/mol. The maximum atomic E-state index is 13.6. The van der Waals surface area contributed by atoms with Crippen molar-refractivity contribution in [2.75, 3.05) is 30.6 Å². The summed E-state index contributed by atoms with van der Waals surface area (Å²) in [4.78, 5) is 38.7. The third-order valence-electron chi connectivity index (χ3n) is 6.08. The second kappa shape index (κ2) is 13.1. The van der Waals surface area contributed by atoms with E-state index in [0.717, 1.165) is 11.8 Å². The van der Waals surface area contributed by atoms with Crippen molar-refractivity contribution in [3.8, 4) is 11.8 Å². The Morgan fingerprint density at radius 3 is 2.56 bits per heavy atom. The number of hydrogen-bond acceptors (Lipinski definition) is 9. The fourth-order valence-corrected chi connectivity index (χ4v) is 5.30. The molecule has 3 N–H and O–H groups in total. The number of furan rings is 1. The molecule has 1 aliphatic rings. The lowest BCUT2D eigenvalue weighted by atomic mass is 9.85. The van der Waals surface area contributed by atoms with Crippen molar-refractivity contribution in [3.63, 3.8) is 0 Å². The molecule has 0 spiro atoms. The molecule has 0 aliphatic carbocycles. The zero-order valence-corrected chi connectivity index (χ0v) is 23.8. The average Bonchev–Trinajstić information content (AvgIpc) is 3.50. The van der Waals surface area contributed by atoms with Crippen LogP contribution in [0.1, 0.15) is 29.0 Å². The number of dihydropyridines is 1. The van der Waals surface area contributed by atoms with Crippen LogP contribution in [0.25, 0.3) is 0 Å². The van der Waals surface area contributed by atoms with Crippen LogP contribution in [-0.4, -0.2) is 37.8 Å². The van der Waals surface area contributed by atoms with Crippen LogP contribution in [0, 0.1) is 11.3 Å². The van der Waals surface area contributed by atoms with Gasteiger partial charge in [-0.3, -0.25) is 9.59 Å². The van der Waals surface area contributed by atoms with E-state index in [0.29, 0.717) is 32.9 Å². The van der Waals surface area contributed by atoms with Crippen LogP contribution >= 0.6 is 23.4 Å². The van der Waals surface area contributed by atoms with Crippen molar-refractivity contribution in [3.05, 3.63) is 99.1 Å². The molecule has 1 aromatic heterocycles. The van der Waals surface area contributed by atoms with Crippen LogP contribution < -0.4 is 20.7 Å². The number of halogens is 1. The summed E-state index contributed by atoms with van der Waals surface area (Å²) in [6.07, 6.45) is 1.45. The molecule has 4 rings (SSSR count). The lowest BCUT2D eigenvalue weighted by molar-refractivity contribution is -0.114. The Labute approximate surface area is 245 Å². The SMILES string of the molecule is COC(=O)c1ccccc1NC(=O)C1=C(C)NC(SCC(=O)Nc2cc(Cl)ccc2OC)=C(C#N)C1c1ccco1. The van der Waals surface area contributed by atoms with Crippen molar-refractivity contribution in [2.24, 2.45) is 0 Å². The first kappa shape index (κ1) is 29.3. The van der Waals surface area contributed by atoms with Gasteiger partial charge in [0.2, 0.25) is 5.91 Å². The van der Waals surface area contributed by atoms with Crippen LogP contribution in [0.3, 0.4) is 0 Å². The largest absolute Gasteiger partial charge is 0.495 e. The quantitative estimate of drug-likeness (QED) is 0.277. The van der Waals surface area contributed by atoms with Crippen molar-refractivity contribution >= 4 is 52.5 Å². The highest BCUT2D eigenvalue weighted by Gasteiger charge is 2.37. The molecular formula is C29H25ClN4O6S. The van der Waals surface area contributed by atoms with E-state index in [1.165, 1.54) is 26.5 Å². The number of anilines is 2. The van der Waals surface area contributed by atoms with E-state index in [4.69, 9.17) is 25.5 Å². The van der Waals surface area contributed by atoms with Gasteiger partial charge in [0.15, 0.2) is 0 Å². The minimum absolute atomic E-state index is 0.0601. The second-order valence-corrected chi connectivity index (χ2v) is 10.1. The van der Waals surface area contributed by atoms with Crippen LogP contribution in [0.5, 0.6) is 5.75 Å². The Morgan fingerprint density at radius 2 is 1.88 bits per heavy atom. The molecule has 3 aromatic rings. The van der Waals surface area contributed by atoms with Gasteiger partial charge in [0.25, 0.3) is 5.91 Å². The number of amides is 2. The topological polar surface area (TPSA) is 143 Å². The van der Waals surface area contributed by atoms with Gasteiger partial charge < -0.3 is 29.8 Å². The number of esters is 1. The highest BCUT2D eigenvalue weighted by molar-refractivity contribution is 8.03. The number of para-hydroxylation sites is 1. The van der Waals surface area contributed by atoms with Crippen molar-refractivity contribution in [2.45, 2.75) is 12.8 Å². The lowest BCUT2D eigenvalue weighted by Crippen LogP contribution is -2.31. The number of carbonyl (C=O) groups is 3. The van der Waals surface area contributed by atoms with Gasteiger partial charge in [-0.05, 0) is 49.4 Å². The number of methoxy groups -OCH3 is 2. The Bertz CT molecular complexity index is 1590. The predicted octanol–water partition coefficient (Wildman–Crippen LogP) is 5.43. The monoisotopic (exact) mass is 592 g/mol. The summed E-state index contributed by atoms with van der Waals surface area (Å²) in [5.41, 5.74) is 1.68. The maximum Gasteiger partial charge on any atom is 0.339 e. The number of carbonyl (C=O) groups excluding carboxylic acids is 3. The van der Waals surface area contributed by atoms with Crippen LogP contribution in [0.15, 0.2) is 87.1 Å². The Balaban J connectivity index is 1.61. The first-order valence-corrected chi connectivity index (χ1v) is 13.5. The number of ether oxygens (including phenoxy) is 2. The first-order chi connectivity index (χ1) is 19.8. The molecule has 10 nitrogen and oxygen atoms in total. The third-order valence-corrected chi connectivity index (χ3v) is 7.34. The molecule has 2 heterocycles. The van der Waals surface area contributed by atoms with Gasteiger partial charge in [-0.2, -0.15) is 5.26 Å². The Morgan fingerprint density at radius 1 is 1.10 bits per heavy atom. The molecule has 0 radical (unpaired) electrons. The fraction of sp³-hybridized carbons (Fsp3) is 0.172. The summed E-state index contributed by atoms with van der Waals surface area (Å²) in [5.74, 6) is -1.64. The summed E-state index contributed by atoms with van der Waals surface area (Å²) in [5, 5.41) is 19.7. The molecule has 2 aromatic carbocycles. The zero-order chi connectivity index (χ0) is 29.5. The normalized spacial score (nSPS) is 14.6. The zero-order valence-electron chi connectivity index (χ0n) is 22.2. The minimum Gasteiger partial charge on any atom is -0.495 e. The Hall–Kier alpha value is -4.66. The molecule has 0 saturated carbocycles. The molecule has 41 heavy (non-hydrogen) atoms. The number of nitrogens with one attached hydrogen (secondary N) is 3. The Kier molecular flexibility index (Phi) is 9.39. The minimum atomic E-state index is -0.875. The number of nitriles is 1. The molecule has 1 aliphatic heterocycles. The molecule has 1 unspecified atom stereocenters. The van der Waals surface area contributed by atoms with Gasteiger partial charge in [-0.1, -0.05) is 35.5 Å². The van der Waals surface area contributed by atoms with Gasteiger partial charge in [0.1, 0.15) is 11.5 Å². The van der Waals surface area contributed by atoms with E-state index in [-0.39, 0.29) is 34.1 Å². The van der Waals surface area contributed by atoms with E-state index in [2.05, 4.69) is 22.0 Å². The van der Waals surface area contributed by atoms with E-state index in [1.807, 2.05) is 0 Å².